The van der Waals surface area contributed by atoms with Gasteiger partial charge in [-0.05, 0) is 52.4 Å². The van der Waals surface area contributed by atoms with Gasteiger partial charge in [0.25, 0.3) is 0 Å². The van der Waals surface area contributed by atoms with E-state index in [9.17, 15) is 0 Å². The number of nitrogens with one attached hydrogen (secondary N) is 1. The van der Waals surface area contributed by atoms with Gasteiger partial charge in [-0.15, -0.1) is 24.8 Å². The van der Waals surface area contributed by atoms with Crippen LogP contribution in [0.4, 0.5) is 0 Å². The lowest BCUT2D eigenvalue weighted by molar-refractivity contribution is 0.232. The van der Waals surface area contributed by atoms with Gasteiger partial charge in [-0.3, -0.25) is 0 Å². The van der Waals surface area contributed by atoms with E-state index < -0.39 is 0 Å². The van der Waals surface area contributed by atoms with Gasteiger partial charge in [0.1, 0.15) is 0 Å². The largest absolute Gasteiger partial charge is 0.396 e. The number of hydrogen-bond donors (Lipinski definition) is 2. The first-order chi connectivity index (χ1) is 6.33. The highest BCUT2D eigenvalue weighted by Crippen LogP contribution is 2.07. The fourth-order valence-corrected chi connectivity index (χ4v) is 1.76. The summed E-state index contributed by atoms with van der Waals surface area (Å²) in [7, 11) is 2.18. The molecule has 1 heterocycles. The molecule has 0 saturated carbocycles. The van der Waals surface area contributed by atoms with Crippen LogP contribution in [0.15, 0.2) is 0 Å². The summed E-state index contributed by atoms with van der Waals surface area (Å²) >= 11 is 0. The Labute approximate surface area is 105 Å². The van der Waals surface area contributed by atoms with Crippen LogP contribution >= 0.6 is 24.8 Å². The summed E-state index contributed by atoms with van der Waals surface area (Å²) < 4.78 is 0. The summed E-state index contributed by atoms with van der Waals surface area (Å²) in [5.74, 6) is 0. The first-order valence-corrected chi connectivity index (χ1v) is 5.35. The Bertz CT molecular complexity index is 131. The fourth-order valence-electron chi connectivity index (χ4n) is 1.76. The molecule has 0 aliphatic carbocycles. The number of likely N-dealkylation sites (tertiary alicyclic amines) is 1. The van der Waals surface area contributed by atoms with Crippen LogP contribution in [-0.4, -0.2) is 49.3 Å². The predicted molar refractivity (Wildman–Crippen MR) is 69.3 cm³/mol. The van der Waals surface area contributed by atoms with Gasteiger partial charge in [-0.1, -0.05) is 0 Å². The number of aliphatic hydroxyl groups is 1. The quantitative estimate of drug-likeness (QED) is 0.730. The number of hydrogen-bond acceptors (Lipinski definition) is 3. The molecular formula is C10H24Cl2N2O. The maximum absolute atomic E-state index is 8.60. The first kappa shape index (κ1) is 17.8. The van der Waals surface area contributed by atoms with Crippen molar-refractivity contribution in [1.82, 2.24) is 10.2 Å². The molecule has 3 nitrogen and oxygen atoms in total. The van der Waals surface area contributed by atoms with E-state index in [1.54, 1.807) is 0 Å². The van der Waals surface area contributed by atoms with Crippen molar-refractivity contribution < 1.29 is 5.11 Å². The molecule has 0 bridgehead atoms. The minimum Gasteiger partial charge on any atom is -0.396 e. The molecule has 15 heavy (non-hydrogen) atoms. The zero-order valence-electron chi connectivity index (χ0n) is 9.45. The third-order valence-corrected chi connectivity index (χ3v) is 2.74. The molecule has 0 aromatic carbocycles. The number of halogens is 2. The zero-order valence-corrected chi connectivity index (χ0v) is 11.1. The monoisotopic (exact) mass is 258 g/mol. The van der Waals surface area contributed by atoms with Gasteiger partial charge in [-0.25, -0.2) is 0 Å². The number of rotatable bonds is 5. The number of unbranched alkanes of at least 4 members (excludes halogenated alkanes) is 1. The van der Waals surface area contributed by atoms with Gasteiger partial charge in [-0.2, -0.15) is 0 Å². The highest BCUT2D eigenvalue weighted by molar-refractivity contribution is 5.85. The van der Waals surface area contributed by atoms with E-state index in [4.69, 9.17) is 5.11 Å². The maximum atomic E-state index is 8.60. The minimum atomic E-state index is 0. The van der Waals surface area contributed by atoms with E-state index in [1.807, 2.05) is 0 Å². The van der Waals surface area contributed by atoms with Crippen LogP contribution in [0, 0.1) is 0 Å². The molecule has 0 radical (unpaired) electrons. The van der Waals surface area contributed by atoms with Crippen molar-refractivity contribution in [3.05, 3.63) is 0 Å². The van der Waals surface area contributed by atoms with Crippen LogP contribution in [0.25, 0.3) is 0 Å². The SMILES string of the molecule is CN1CCC(NCCCCO)CC1.Cl.Cl. The molecule has 1 saturated heterocycles. The Hall–Kier alpha value is 0.460. The average molecular weight is 259 g/mol. The Morgan fingerprint density at radius 1 is 1.20 bits per heavy atom. The van der Waals surface area contributed by atoms with Crippen molar-refractivity contribution in [3.8, 4) is 0 Å². The molecule has 0 atom stereocenters. The summed E-state index contributed by atoms with van der Waals surface area (Å²) in [6.07, 6.45) is 4.58. The molecule has 0 amide bonds. The second-order valence-corrected chi connectivity index (χ2v) is 3.96. The summed E-state index contributed by atoms with van der Waals surface area (Å²) in [5, 5.41) is 12.1. The van der Waals surface area contributed by atoms with Crippen LogP contribution in [0.1, 0.15) is 25.7 Å². The highest BCUT2D eigenvalue weighted by Gasteiger charge is 2.14. The second kappa shape index (κ2) is 11.0. The van der Waals surface area contributed by atoms with E-state index in [1.165, 1.54) is 25.9 Å². The number of nitrogens with zero attached hydrogens (tertiary/aromatic N) is 1. The fraction of sp³-hybridized carbons (Fsp3) is 1.00. The standard InChI is InChI=1S/C10H22N2O.2ClH/c1-12-7-4-10(5-8-12)11-6-2-3-9-13;;/h10-11,13H,2-9H2,1H3;2*1H. The third kappa shape index (κ3) is 8.29. The van der Waals surface area contributed by atoms with Crippen LogP contribution in [-0.2, 0) is 0 Å². The molecule has 0 aromatic rings. The first-order valence-electron chi connectivity index (χ1n) is 5.35. The smallest absolute Gasteiger partial charge is 0.0431 e. The Morgan fingerprint density at radius 3 is 2.33 bits per heavy atom. The molecule has 1 fully saturated rings. The van der Waals surface area contributed by atoms with Gasteiger partial charge in [0.2, 0.25) is 0 Å². The van der Waals surface area contributed by atoms with Crippen molar-refractivity contribution in [3.63, 3.8) is 0 Å². The van der Waals surface area contributed by atoms with Gasteiger partial charge in [0, 0.05) is 12.6 Å². The van der Waals surface area contributed by atoms with Gasteiger partial charge >= 0.3 is 0 Å². The van der Waals surface area contributed by atoms with Crippen LogP contribution in [0.5, 0.6) is 0 Å². The zero-order chi connectivity index (χ0) is 9.52. The summed E-state index contributed by atoms with van der Waals surface area (Å²) in [5.41, 5.74) is 0. The normalized spacial score (nSPS) is 18.0. The van der Waals surface area contributed by atoms with E-state index in [-0.39, 0.29) is 24.8 Å². The molecule has 1 rings (SSSR count). The lowest BCUT2D eigenvalue weighted by Gasteiger charge is -2.29. The topological polar surface area (TPSA) is 35.5 Å². The molecular weight excluding hydrogens is 235 g/mol. The molecule has 0 unspecified atom stereocenters. The molecule has 2 N–H and O–H groups in total. The predicted octanol–water partition coefficient (Wildman–Crippen LogP) is 1.29. The maximum Gasteiger partial charge on any atom is 0.0431 e. The van der Waals surface area contributed by atoms with Crippen LogP contribution in [0.3, 0.4) is 0 Å². The summed E-state index contributed by atoms with van der Waals surface area (Å²) in [6.45, 7) is 3.83. The molecule has 0 aromatic heterocycles. The molecule has 0 spiro atoms. The summed E-state index contributed by atoms with van der Waals surface area (Å²) in [6, 6.07) is 0.717. The molecule has 5 heteroatoms. The molecule has 1 aliphatic heterocycles. The minimum absolute atomic E-state index is 0. The van der Waals surface area contributed by atoms with Crippen molar-refractivity contribution in [2.75, 3.05) is 33.3 Å². The van der Waals surface area contributed by atoms with Crippen molar-refractivity contribution in [2.24, 2.45) is 0 Å². The number of aliphatic hydroxyl groups excluding tert-OH is 1. The molecule has 94 valence electrons. The van der Waals surface area contributed by atoms with Crippen molar-refractivity contribution >= 4 is 24.8 Å². The molecule has 1 aliphatic rings. The van der Waals surface area contributed by atoms with E-state index in [2.05, 4.69) is 17.3 Å². The van der Waals surface area contributed by atoms with Gasteiger partial charge in [0.15, 0.2) is 0 Å². The Balaban J connectivity index is 0. The lowest BCUT2D eigenvalue weighted by atomic mass is 10.1. The summed E-state index contributed by atoms with van der Waals surface area (Å²) in [4.78, 5) is 2.38. The second-order valence-electron chi connectivity index (χ2n) is 3.96. The van der Waals surface area contributed by atoms with Crippen molar-refractivity contribution in [2.45, 2.75) is 31.7 Å². The Morgan fingerprint density at radius 2 is 1.80 bits per heavy atom. The van der Waals surface area contributed by atoms with Gasteiger partial charge < -0.3 is 15.3 Å². The van der Waals surface area contributed by atoms with E-state index in [0.717, 1.165) is 25.4 Å². The average Bonchev–Trinajstić information content (AvgIpc) is 2.15. The van der Waals surface area contributed by atoms with E-state index in [0.29, 0.717) is 6.61 Å². The van der Waals surface area contributed by atoms with Crippen LogP contribution in [0.2, 0.25) is 0 Å². The lowest BCUT2D eigenvalue weighted by Crippen LogP contribution is -2.41. The number of piperidine rings is 1. The van der Waals surface area contributed by atoms with Crippen molar-refractivity contribution in [1.29, 1.82) is 0 Å². The van der Waals surface area contributed by atoms with E-state index >= 15 is 0 Å². The van der Waals surface area contributed by atoms with Crippen LogP contribution < -0.4 is 5.32 Å². The highest BCUT2D eigenvalue weighted by atomic mass is 35.5. The third-order valence-electron chi connectivity index (χ3n) is 2.74. The van der Waals surface area contributed by atoms with Gasteiger partial charge in [0.05, 0.1) is 0 Å². The Kier molecular flexibility index (Phi) is 13.0.